The highest BCUT2D eigenvalue weighted by Gasteiger charge is 2.12. The van der Waals surface area contributed by atoms with Crippen LogP contribution < -0.4 is 0 Å². The van der Waals surface area contributed by atoms with Gasteiger partial charge in [-0.2, -0.15) is 0 Å². The number of aromatic nitrogens is 2. The lowest BCUT2D eigenvalue weighted by Crippen LogP contribution is -2.22. The molecule has 0 amide bonds. The molecule has 4 nitrogen and oxygen atoms in total. The molecule has 1 heterocycles. The average Bonchev–Trinajstić information content (AvgIpc) is 3.04. The number of benzene rings is 2. The van der Waals surface area contributed by atoms with Crippen molar-refractivity contribution in [2.45, 2.75) is 20.0 Å². The van der Waals surface area contributed by atoms with Gasteiger partial charge in [-0.25, -0.2) is 0 Å². The SMILES string of the molecule is CCN(Cc1ccccc1)Cc1nnc(-c2ccccc2)o1. The molecule has 0 unspecified atom stereocenters. The molecule has 4 heteroatoms. The normalized spacial score (nSPS) is 11.0. The predicted molar refractivity (Wildman–Crippen MR) is 86.0 cm³/mol. The Morgan fingerprint density at radius 2 is 1.55 bits per heavy atom. The highest BCUT2D eigenvalue weighted by atomic mass is 16.4. The lowest BCUT2D eigenvalue weighted by molar-refractivity contribution is 0.243. The molecule has 3 aromatic rings. The van der Waals surface area contributed by atoms with Gasteiger partial charge < -0.3 is 4.42 Å². The molecule has 2 aromatic carbocycles. The molecule has 112 valence electrons. The number of nitrogens with zero attached hydrogens (tertiary/aromatic N) is 3. The van der Waals surface area contributed by atoms with Crippen molar-refractivity contribution in [2.24, 2.45) is 0 Å². The van der Waals surface area contributed by atoms with Crippen LogP contribution in [-0.4, -0.2) is 21.6 Å². The topological polar surface area (TPSA) is 42.2 Å². The lowest BCUT2D eigenvalue weighted by atomic mass is 10.2. The molecule has 0 fully saturated rings. The monoisotopic (exact) mass is 293 g/mol. The Morgan fingerprint density at radius 3 is 2.23 bits per heavy atom. The van der Waals surface area contributed by atoms with Crippen molar-refractivity contribution in [3.63, 3.8) is 0 Å². The van der Waals surface area contributed by atoms with E-state index in [0.717, 1.165) is 18.7 Å². The molecule has 0 N–H and O–H groups in total. The highest BCUT2D eigenvalue weighted by molar-refractivity contribution is 5.51. The van der Waals surface area contributed by atoms with Crippen molar-refractivity contribution in [2.75, 3.05) is 6.54 Å². The summed E-state index contributed by atoms with van der Waals surface area (Å²) in [7, 11) is 0. The molecular formula is C18H19N3O. The minimum Gasteiger partial charge on any atom is -0.419 e. The Labute approximate surface area is 130 Å². The number of hydrogen-bond acceptors (Lipinski definition) is 4. The molecule has 3 rings (SSSR count). The summed E-state index contributed by atoms with van der Waals surface area (Å²) in [6.45, 7) is 4.60. The number of rotatable bonds is 6. The van der Waals surface area contributed by atoms with E-state index in [1.54, 1.807) is 0 Å². The second-order valence-corrected chi connectivity index (χ2v) is 5.16. The van der Waals surface area contributed by atoms with Gasteiger partial charge in [0.25, 0.3) is 0 Å². The van der Waals surface area contributed by atoms with Crippen LogP contribution in [0.4, 0.5) is 0 Å². The fourth-order valence-electron chi connectivity index (χ4n) is 2.33. The van der Waals surface area contributed by atoms with Crippen LogP contribution in [0.1, 0.15) is 18.4 Å². The van der Waals surface area contributed by atoms with Crippen LogP contribution in [-0.2, 0) is 13.1 Å². The largest absolute Gasteiger partial charge is 0.419 e. The molecule has 0 spiro atoms. The summed E-state index contributed by atoms with van der Waals surface area (Å²) < 4.78 is 5.78. The van der Waals surface area contributed by atoms with Crippen LogP contribution in [0.3, 0.4) is 0 Å². The standard InChI is InChI=1S/C18H19N3O/c1-2-21(13-15-9-5-3-6-10-15)14-17-19-20-18(22-17)16-11-7-4-8-12-16/h3-12H,2,13-14H2,1H3. The smallest absolute Gasteiger partial charge is 0.247 e. The quantitative estimate of drug-likeness (QED) is 0.694. The van der Waals surface area contributed by atoms with Gasteiger partial charge in [0.15, 0.2) is 0 Å². The maximum absolute atomic E-state index is 5.78. The van der Waals surface area contributed by atoms with Crippen LogP contribution >= 0.6 is 0 Å². The van der Waals surface area contributed by atoms with Crippen molar-refractivity contribution < 1.29 is 4.42 Å². The maximum atomic E-state index is 5.78. The average molecular weight is 293 g/mol. The minimum absolute atomic E-state index is 0.575. The first-order valence-electron chi connectivity index (χ1n) is 7.49. The zero-order valence-corrected chi connectivity index (χ0v) is 12.6. The van der Waals surface area contributed by atoms with Crippen molar-refractivity contribution >= 4 is 0 Å². The lowest BCUT2D eigenvalue weighted by Gasteiger charge is -2.18. The van der Waals surface area contributed by atoms with E-state index in [2.05, 4.69) is 46.3 Å². The van der Waals surface area contributed by atoms with Crippen LogP contribution in [0.25, 0.3) is 11.5 Å². The Kier molecular flexibility index (Phi) is 4.61. The van der Waals surface area contributed by atoms with E-state index in [0.29, 0.717) is 18.3 Å². The molecule has 0 aliphatic carbocycles. The van der Waals surface area contributed by atoms with Crippen LogP contribution in [0, 0.1) is 0 Å². The summed E-state index contributed by atoms with van der Waals surface area (Å²) in [5.74, 6) is 1.22. The highest BCUT2D eigenvalue weighted by Crippen LogP contribution is 2.18. The first kappa shape index (κ1) is 14.5. The summed E-state index contributed by atoms with van der Waals surface area (Å²) >= 11 is 0. The van der Waals surface area contributed by atoms with E-state index in [1.807, 2.05) is 36.4 Å². The van der Waals surface area contributed by atoms with Crippen LogP contribution in [0.2, 0.25) is 0 Å². The fraction of sp³-hybridized carbons (Fsp3) is 0.222. The zero-order chi connectivity index (χ0) is 15.2. The molecule has 22 heavy (non-hydrogen) atoms. The van der Waals surface area contributed by atoms with Gasteiger partial charge in [0.2, 0.25) is 11.8 Å². The van der Waals surface area contributed by atoms with E-state index in [9.17, 15) is 0 Å². The van der Waals surface area contributed by atoms with Crippen LogP contribution in [0.5, 0.6) is 0 Å². The minimum atomic E-state index is 0.575. The van der Waals surface area contributed by atoms with E-state index < -0.39 is 0 Å². The molecule has 0 saturated carbocycles. The van der Waals surface area contributed by atoms with E-state index >= 15 is 0 Å². The Balaban J connectivity index is 1.68. The molecule has 0 atom stereocenters. The van der Waals surface area contributed by atoms with E-state index in [-0.39, 0.29) is 0 Å². The summed E-state index contributed by atoms with van der Waals surface area (Å²) in [4.78, 5) is 2.28. The second kappa shape index (κ2) is 7.00. The molecule has 0 saturated heterocycles. The van der Waals surface area contributed by atoms with Gasteiger partial charge in [-0.05, 0) is 24.2 Å². The summed E-state index contributed by atoms with van der Waals surface area (Å²) in [5, 5.41) is 8.30. The summed E-state index contributed by atoms with van der Waals surface area (Å²) in [6.07, 6.45) is 0. The van der Waals surface area contributed by atoms with Gasteiger partial charge in [0.05, 0.1) is 6.54 Å². The third-order valence-electron chi connectivity index (χ3n) is 3.54. The molecule has 1 aromatic heterocycles. The third-order valence-corrected chi connectivity index (χ3v) is 3.54. The second-order valence-electron chi connectivity index (χ2n) is 5.16. The van der Waals surface area contributed by atoms with Gasteiger partial charge in [-0.3, -0.25) is 4.90 Å². The van der Waals surface area contributed by atoms with E-state index in [4.69, 9.17) is 4.42 Å². The molecular weight excluding hydrogens is 274 g/mol. The van der Waals surface area contributed by atoms with Gasteiger partial charge in [-0.1, -0.05) is 55.5 Å². The zero-order valence-electron chi connectivity index (χ0n) is 12.6. The summed E-state index contributed by atoms with van der Waals surface area (Å²) in [6, 6.07) is 20.3. The van der Waals surface area contributed by atoms with Crippen molar-refractivity contribution in [1.82, 2.24) is 15.1 Å². The Hall–Kier alpha value is -2.46. The number of hydrogen-bond donors (Lipinski definition) is 0. The van der Waals surface area contributed by atoms with Gasteiger partial charge in [-0.15, -0.1) is 10.2 Å². The van der Waals surface area contributed by atoms with Crippen molar-refractivity contribution in [3.05, 3.63) is 72.1 Å². The Bertz CT molecular complexity index is 695. The van der Waals surface area contributed by atoms with Crippen LogP contribution in [0.15, 0.2) is 65.1 Å². The first-order chi connectivity index (χ1) is 10.8. The molecule has 0 radical (unpaired) electrons. The van der Waals surface area contributed by atoms with Crippen molar-refractivity contribution in [1.29, 1.82) is 0 Å². The predicted octanol–water partition coefficient (Wildman–Crippen LogP) is 3.76. The molecule has 0 aliphatic heterocycles. The van der Waals surface area contributed by atoms with Gasteiger partial charge in [0.1, 0.15) is 0 Å². The van der Waals surface area contributed by atoms with Gasteiger partial charge >= 0.3 is 0 Å². The van der Waals surface area contributed by atoms with Gasteiger partial charge in [0, 0.05) is 12.1 Å². The van der Waals surface area contributed by atoms with Crippen molar-refractivity contribution in [3.8, 4) is 11.5 Å². The molecule has 0 bridgehead atoms. The first-order valence-corrected chi connectivity index (χ1v) is 7.49. The fourth-order valence-corrected chi connectivity index (χ4v) is 2.33. The summed E-state index contributed by atoms with van der Waals surface area (Å²) in [5.41, 5.74) is 2.24. The molecule has 0 aliphatic rings. The maximum Gasteiger partial charge on any atom is 0.247 e. The van der Waals surface area contributed by atoms with E-state index in [1.165, 1.54) is 5.56 Å². The third kappa shape index (κ3) is 3.59. The Morgan fingerprint density at radius 1 is 0.864 bits per heavy atom.